The predicted molar refractivity (Wildman–Crippen MR) is 65.0 cm³/mol. The number of carbonyl (C=O) groups excluding carboxylic acids is 2. The molecule has 2 atom stereocenters. The minimum absolute atomic E-state index is 0.0140. The molecule has 2 aliphatic heterocycles. The molecule has 3 aliphatic rings. The number of fused-ring (bicyclic) bond motifs is 1. The second-order valence-electron chi connectivity index (χ2n) is 5.54. The number of hydrogen-bond donors (Lipinski definition) is 1. The number of carbonyl (C=O) groups is 2. The summed E-state index contributed by atoms with van der Waals surface area (Å²) in [7, 11) is 0. The zero-order chi connectivity index (χ0) is 12.5. The van der Waals surface area contributed by atoms with E-state index in [0.717, 1.165) is 45.1 Å². The molecule has 1 saturated carbocycles. The Morgan fingerprint density at radius 3 is 2.78 bits per heavy atom. The first-order valence-electron chi connectivity index (χ1n) is 7.00. The minimum atomic E-state index is -0.215. The van der Waals surface area contributed by atoms with Gasteiger partial charge in [0.05, 0.1) is 12.0 Å². The van der Waals surface area contributed by atoms with Crippen LogP contribution in [0.15, 0.2) is 0 Å². The molecule has 5 heteroatoms. The van der Waals surface area contributed by atoms with Crippen LogP contribution in [0.2, 0.25) is 0 Å². The van der Waals surface area contributed by atoms with Gasteiger partial charge in [-0.25, -0.2) is 4.79 Å². The molecule has 2 unspecified atom stereocenters. The topological polar surface area (TPSA) is 58.6 Å². The highest BCUT2D eigenvalue weighted by atomic mass is 16.6. The molecular formula is C13H20N2O3. The van der Waals surface area contributed by atoms with Crippen molar-refractivity contribution in [2.75, 3.05) is 13.1 Å². The lowest BCUT2D eigenvalue weighted by Gasteiger charge is -2.35. The molecule has 0 aromatic carbocycles. The maximum absolute atomic E-state index is 12.2. The fourth-order valence-electron chi connectivity index (χ4n) is 3.39. The first-order valence-corrected chi connectivity index (χ1v) is 7.00. The van der Waals surface area contributed by atoms with E-state index in [1.165, 1.54) is 0 Å². The average Bonchev–Trinajstić information content (AvgIpc) is 3.00. The second kappa shape index (κ2) is 4.78. The molecule has 18 heavy (non-hydrogen) atoms. The van der Waals surface area contributed by atoms with Crippen molar-refractivity contribution >= 4 is 12.0 Å². The fourth-order valence-corrected chi connectivity index (χ4v) is 3.39. The second-order valence-corrected chi connectivity index (χ2v) is 5.54. The Bertz CT molecular complexity index is 352. The highest BCUT2D eigenvalue weighted by Crippen LogP contribution is 2.29. The first-order chi connectivity index (χ1) is 8.75. The Morgan fingerprint density at radius 1 is 1.22 bits per heavy atom. The summed E-state index contributed by atoms with van der Waals surface area (Å²) in [6.07, 6.45) is 5.97. The molecule has 0 spiro atoms. The number of likely N-dealkylation sites (tertiary alicyclic amines) is 1. The highest BCUT2D eigenvalue weighted by Gasteiger charge is 2.43. The molecule has 1 N–H and O–H groups in total. The molecule has 5 nitrogen and oxygen atoms in total. The van der Waals surface area contributed by atoms with Gasteiger partial charge in [-0.2, -0.15) is 0 Å². The summed E-state index contributed by atoms with van der Waals surface area (Å²) in [4.78, 5) is 25.6. The van der Waals surface area contributed by atoms with E-state index in [0.29, 0.717) is 6.54 Å². The van der Waals surface area contributed by atoms with Gasteiger partial charge in [0.15, 0.2) is 0 Å². The van der Waals surface area contributed by atoms with Crippen molar-refractivity contribution in [2.24, 2.45) is 5.92 Å². The van der Waals surface area contributed by atoms with Gasteiger partial charge in [0.2, 0.25) is 5.91 Å². The van der Waals surface area contributed by atoms with Gasteiger partial charge < -0.3 is 15.0 Å². The average molecular weight is 252 g/mol. The number of piperidine rings is 1. The van der Waals surface area contributed by atoms with E-state index < -0.39 is 0 Å². The van der Waals surface area contributed by atoms with Gasteiger partial charge in [-0.3, -0.25) is 4.79 Å². The third kappa shape index (κ3) is 2.06. The van der Waals surface area contributed by atoms with Crippen LogP contribution in [0.25, 0.3) is 0 Å². The Morgan fingerprint density at radius 2 is 2.00 bits per heavy atom. The molecule has 2 heterocycles. The van der Waals surface area contributed by atoms with E-state index >= 15 is 0 Å². The Labute approximate surface area is 107 Å². The molecular weight excluding hydrogens is 232 g/mol. The van der Waals surface area contributed by atoms with Crippen molar-refractivity contribution in [3.63, 3.8) is 0 Å². The van der Waals surface area contributed by atoms with Crippen LogP contribution < -0.4 is 5.32 Å². The normalized spacial score (nSPS) is 32.2. The maximum Gasteiger partial charge on any atom is 0.410 e. The highest BCUT2D eigenvalue weighted by molar-refractivity contribution is 5.83. The monoisotopic (exact) mass is 252 g/mol. The van der Waals surface area contributed by atoms with Gasteiger partial charge in [-0.05, 0) is 38.5 Å². The maximum atomic E-state index is 12.2. The van der Waals surface area contributed by atoms with Gasteiger partial charge in [-0.15, -0.1) is 0 Å². The van der Waals surface area contributed by atoms with Crippen LogP contribution in [0.5, 0.6) is 0 Å². The molecule has 1 aliphatic carbocycles. The largest absolute Gasteiger partial charge is 0.446 e. The van der Waals surface area contributed by atoms with Crippen molar-refractivity contribution in [1.29, 1.82) is 0 Å². The Kier molecular flexibility index (Phi) is 3.14. The molecule has 0 bridgehead atoms. The number of hydrogen-bond acceptors (Lipinski definition) is 3. The number of nitrogens with zero attached hydrogens (tertiary/aromatic N) is 1. The molecule has 0 aromatic heterocycles. The van der Waals surface area contributed by atoms with Gasteiger partial charge >= 0.3 is 6.09 Å². The number of rotatable bonds is 1. The van der Waals surface area contributed by atoms with Crippen LogP contribution in [-0.4, -0.2) is 42.1 Å². The summed E-state index contributed by atoms with van der Waals surface area (Å²) < 4.78 is 5.54. The number of nitrogens with one attached hydrogen (secondary N) is 1. The SMILES string of the molecule is O=C1NCC2C1CCCN2C(=O)OC1CCCC1. The van der Waals surface area contributed by atoms with Gasteiger partial charge in [0.1, 0.15) is 6.10 Å². The lowest BCUT2D eigenvalue weighted by Crippen LogP contribution is -2.49. The zero-order valence-corrected chi connectivity index (χ0v) is 10.6. The van der Waals surface area contributed by atoms with Crippen molar-refractivity contribution in [3.8, 4) is 0 Å². The van der Waals surface area contributed by atoms with Gasteiger partial charge in [0.25, 0.3) is 0 Å². The van der Waals surface area contributed by atoms with Crippen LogP contribution in [0.3, 0.4) is 0 Å². The van der Waals surface area contributed by atoms with Crippen LogP contribution in [-0.2, 0) is 9.53 Å². The van der Waals surface area contributed by atoms with Crippen LogP contribution >= 0.6 is 0 Å². The van der Waals surface area contributed by atoms with Crippen molar-refractivity contribution < 1.29 is 14.3 Å². The molecule has 2 amide bonds. The third-order valence-electron chi connectivity index (χ3n) is 4.41. The van der Waals surface area contributed by atoms with Crippen molar-refractivity contribution in [3.05, 3.63) is 0 Å². The summed E-state index contributed by atoms with van der Waals surface area (Å²) in [5, 5.41) is 2.85. The molecule has 2 saturated heterocycles. The van der Waals surface area contributed by atoms with Crippen LogP contribution in [0, 0.1) is 5.92 Å². The van der Waals surface area contributed by atoms with E-state index in [9.17, 15) is 9.59 Å². The van der Waals surface area contributed by atoms with Crippen molar-refractivity contribution in [1.82, 2.24) is 10.2 Å². The van der Waals surface area contributed by atoms with Gasteiger partial charge in [-0.1, -0.05) is 0 Å². The summed E-state index contributed by atoms with van der Waals surface area (Å²) >= 11 is 0. The van der Waals surface area contributed by atoms with E-state index in [2.05, 4.69) is 5.32 Å². The summed E-state index contributed by atoms with van der Waals surface area (Å²) in [6.45, 7) is 1.31. The molecule has 3 fully saturated rings. The van der Waals surface area contributed by atoms with Crippen LogP contribution in [0.1, 0.15) is 38.5 Å². The molecule has 3 rings (SSSR count). The standard InChI is InChI=1S/C13H20N2O3/c16-12-10-6-3-7-15(11(10)8-14-12)13(17)18-9-4-1-2-5-9/h9-11H,1-8H2,(H,14,16). The number of ether oxygens (including phenoxy) is 1. The zero-order valence-electron chi connectivity index (χ0n) is 10.6. The first kappa shape index (κ1) is 11.8. The van der Waals surface area contributed by atoms with Crippen molar-refractivity contribution in [2.45, 2.75) is 50.7 Å². The third-order valence-corrected chi connectivity index (χ3v) is 4.41. The molecule has 0 aromatic rings. The lowest BCUT2D eigenvalue weighted by atomic mass is 9.92. The lowest BCUT2D eigenvalue weighted by molar-refractivity contribution is -0.123. The van der Waals surface area contributed by atoms with Crippen LogP contribution in [0.4, 0.5) is 4.79 Å². The smallest absolute Gasteiger partial charge is 0.410 e. The van der Waals surface area contributed by atoms with E-state index in [1.54, 1.807) is 4.90 Å². The fraction of sp³-hybridized carbons (Fsp3) is 0.846. The van der Waals surface area contributed by atoms with E-state index in [4.69, 9.17) is 4.74 Å². The Hall–Kier alpha value is -1.26. The molecule has 0 radical (unpaired) electrons. The minimum Gasteiger partial charge on any atom is -0.446 e. The molecule has 100 valence electrons. The number of amides is 2. The quantitative estimate of drug-likeness (QED) is 0.764. The predicted octanol–water partition coefficient (Wildman–Crippen LogP) is 1.28. The van der Waals surface area contributed by atoms with E-state index in [1.807, 2.05) is 0 Å². The summed E-state index contributed by atoms with van der Waals surface area (Å²) in [5.74, 6) is 0.0771. The Balaban J connectivity index is 1.63. The van der Waals surface area contributed by atoms with Gasteiger partial charge in [0, 0.05) is 13.1 Å². The van der Waals surface area contributed by atoms with E-state index in [-0.39, 0.29) is 30.1 Å². The summed E-state index contributed by atoms with van der Waals surface area (Å²) in [5.41, 5.74) is 0. The summed E-state index contributed by atoms with van der Waals surface area (Å²) in [6, 6.07) is 0.0140.